The van der Waals surface area contributed by atoms with E-state index in [2.05, 4.69) is 20.6 Å². The Bertz CT molecular complexity index is 637. The number of carbonyl (C=O) groups excluding carboxylic acids is 1. The first-order valence-corrected chi connectivity index (χ1v) is 6.81. The second kappa shape index (κ2) is 5.07. The number of hydrogen-bond donors (Lipinski definition) is 3. The van der Waals surface area contributed by atoms with Crippen LogP contribution in [-0.2, 0) is 4.79 Å². The van der Waals surface area contributed by atoms with Crippen LogP contribution in [0.4, 0.5) is 8.78 Å². The lowest BCUT2D eigenvalue weighted by atomic mass is 10.1. The molecule has 2 atom stereocenters. The lowest BCUT2D eigenvalue weighted by Gasteiger charge is -2.15. The monoisotopic (exact) mass is 294 g/mol. The average molecular weight is 294 g/mol. The zero-order valence-corrected chi connectivity index (χ0v) is 11.5. The molecule has 3 N–H and O–H groups in total. The maximum atomic E-state index is 13.1. The summed E-state index contributed by atoms with van der Waals surface area (Å²) < 4.78 is 26.2. The first kappa shape index (κ1) is 13.9. The Morgan fingerprint density at radius 2 is 2.24 bits per heavy atom. The van der Waals surface area contributed by atoms with E-state index in [1.54, 1.807) is 6.92 Å². The van der Waals surface area contributed by atoms with Gasteiger partial charge >= 0.3 is 0 Å². The number of halogens is 2. The van der Waals surface area contributed by atoms with Gasteiger partial charge in [0, 0.05) is 6.42 Å². The summed E-state index contributed by atoms with van der Waals surface area (Å²) in [5.41, 5.74) is 1.68. The molecule has 5 nitrogen and oxygen atoms in total. The molecule has 0 radical (unpaired) electrons. The number of aromatic nitrogens is 2. The van der Waals surface area contributed by atoms with E-state index in [0.717, 1.165) is 11.0 Å². The Kier molecular flexibility index (Phi) is 3.36. The van der Waals surface area contributed by atoms with Crippen LogP contribution in [0.1, 0.15) is 25.2 Å². The van der Waals surface area contributed by atoms with Crippen molar-refractivity contribution in [2.45, 2.75) is 31.4 Å². The number of rotatable bonds is 3. The van der Waals surface area contributed by atoms with E-state index in [1.807, 2.05) is 24.3 Å². The summed E-state index contributed by atoms with van der Waals surface area (Å²) in [5.74, 6) is -2.64. The Hall–Kier alpha value is -2.02. The number of nitrogens with zero attached hydrogens (tertiary/aromatic N) is 1. The smallest absolute Gasteiger partial charge is 0.262 e. The SMILES string of the molecule is CC(NC(=O)C1CC(F)(F)CN1)c1nc2ccccc2[nH]1. The van der Waals surface area contributed by atoms with Gasteiger partial charge < -0.3 is 10.3 Å². The van der Waals surface area contributed by atoms with Crippen LogP contribution in [0.15, 0.2) is 24.3 Å². The average Bonchev–Trinajstić information content (AvgIpc) is 3.01. The Balaban J connectivity index is 1.68. The normalized spacial score (nSPS) is 22.3. The van der Waals surface area contributed by atoms with E-state index in [0.29, 0.717) is 5.82 Å². The number of H-pyrrole nitrogens is 1. The number of fused-ring (bicyclic) bond motifs is 1. The molecule has 112 valence electrons. The number of nitrogens with one attached hydrogen (secondary N) is 3. The summed E-state index contributed by atoms with van der Waals surface area (Å²) in [7, 11) is 0. The third-order valence-electron chi connectivity index (χ3n) is 3.60. The summed E-state index contributed by atoms with van der Waals surface area (Å²) >= 11 is 0. The van der Waals surface area contributed by atoms with Crippen molar-refractivity contribution in [3.63, 3.8) is 0 Å². The van der Waals surface area contributed by atoms with Gasteiger partial charge in [-0.3, -0.25) is 10.1 Å². The lowest BCUT2D eigenvalue weighted by Crippen LogP contribution is -2.41. The van der Waals surface area contributed by atoms with Gasteiger partial charge in [0.1, 0.15) is 5.82 Å². The molecule has 1 aromatic heterocycles. The van der Waals surface area contributed by atoms with E-state index in [9.17, 15) is 13.6 Å². The highest BCUT2D eigenvalue weighted by atomic mass is 19.3. The van der Waals surface area contributed by atoms with Crippen LogP contribution in [0.2, 0.25) is 0 Å². The Labute approximate surface area is 120 Å². The second-order valence-electron chi connectivity index (χ2n) is 5.36. The fourth-order valence-corrected chi connectivity index (χ4v) is 2.46. The van der Waals surface area contributed by atoms with E-state index >= 15 is 0 Å². The van der Waals surface area contributed by atoms with Gasteiger partial charge in [-0.25, -0.2) is 13.8 Å². The number of amides is 1. The number of para-hydroxylation sites is 2. The highest BCUT2D eigenvalue weighted by Crippen LogP contribution is 2.25. The molecule has 0 bridgehead atoms. The number of imidazole rings is 1. The molecule has 1 amide bonds. The van der Waals surface area contributed by atoms with E-state index < -0.39 is 30.8 Å². The summed E-state index contributed by atoms with van der Waals surface area (Å²) in [6.45, 7) is 1.31. The molecule has 1 aliphatic heterocycles. The molecule has 1 aliphatic rings. The van der Waals surface area contributed by atoms with Crippen LogP contribution < -0.4 is 10.6 Å². The molecule has 7 heteroatoms. The quantitative estimate of drug-likeness (QED) is 0.807. The largest absolute Gasteiger partial charge is 0.345 e. The van der Waals surface area contributed by atoms with Crippen molar-refractivity contribution in [1.82, 2.24) is 20.6 Å². The van der Waals surface area contributed by atoms with Crippen molar-refractivity contribution in [1.29, 1.82) is 0 Å². The first-order chi connectivity index (χ1) is 9.94. The van der Waals surface area contributed by atoms with Crippen molar-refractivity contribution in [3.05, 3.63) is 30.1 Å². The van der Waals surface area contributed by atoms with Crippen molar-refractivity contribution < 1.29 is 13.6 Å². The highest BCUT2D eigenvalue weighted by Gasteiger charge is 2.42. The van der Waals surface area contributed by atoms with Gasteiger partial charge in [0.15, 0.2) is 0 Å². The Morgan fingerprint density at radius 1 is 1.48 bits per heavy atom. The molecule has 2 heterocycles. The maximum Gasteiger partial charge on any atom is 0.262 e. The molecule has 0 spiro atoms. The third-order valence-corrected chi connectivity index (χ3v) is 3.60. The predicted molar refractivity (Wildman–Crippen MR) is 74.0 cm³/mol. The Morgan fingerprint density at radius 3 is 2.90 bits per heavy atom. The predicted octanol–water partition coefficient (Wildman–Crippen LogP) is 1.74. The van der Waals surface area contributed by atoms with Gasteiger partial charge in [-0.15, -0.1) is 0 Å². The van der Waals surface area contributed by atoms with Gasteiger partial charge in [0.05, 0.1) is 29.7 Å². The minimum absolute atomic E-state index is 0.374. The minimum Gasteiger partial charge on any atom is -0.345 e. The summed E-state index contributed by atoms with van der Waals surface area (Å²) in [6, 6.07) is 6.29. The fraction of sp³-hybridized carbons (Fsp3) is 0.429. The molecule has 0 saturated carbocycles. The van der Waals surface area contributed by atoms with Crippen LogP contribution in [0.5, 0.6) is 0 Å². The van der Waals surface area contributed by atoms with Crippen LogP contribution in [0.3, 0.4) is 0 Å². The minimum atomic E-state index is -2.81. The number of alkyl halides is 2. The number of hydrogen-bond acceptors (Lipinski definition) is 3. The maximum absolute atomic E-state index is 13.1. The standard InChI is InChI=1S/C14H16F2N4O/c1-8(12-19-9-4-2-3-5-10(9)20-12)18-13(21)11-6-14(15,16)7-17-11/h2-5,8,11,17H,6-7H2,1H3,(H,18,21)(H,19,20). The number of carbonyl (C=O) groups is 1. The second-order valence-corrected chi connectivity index (χ2v) is 5.36. The van der Waals surface area contributed by atoms with Gasteiger partial charge in [0.25, 0.3) is 5.92 Å². The van der Waals surface area contributed by atoms with E-state index in [-0.39, 0.29) is 6.04 Å². The van der Waals surface area contributed by atoms with Gasteiger partial charge in [-0.2, -0.15) is 0 Å². The first-order valence-electron chi connectivity index (χ1n) is 6.81. The molecular weight excluding hydrogens is 278 g/mol. The van der Waals surface area contributed by atoms with E-state index in [4.69, 9.17) is 0 Å². The molecule has 21 heavy (non-hydrogen) atoms. The van der Waals surface area contributed by atoms with Crippen molar-refractivity contribution >= 4 is 16.9 Å². The van der Waals surface area contributed by atoms with Crippen molar-refractivity contribution in [2.24, 2.45) is 0 Å². The topological polar surface area (TPSA) is 69.8 Å². The van der Waals surface area contributed by atoms with Gasteiger partial charge in [-0.05, 0) is 19.1 Å². The third kappa shape index (κ3) is 2.87. The molecule has 1 fully saturated rings. The number of benzene rings is 1. The molecular formula is C14H16F2N4O. The summed E-state index contributed by atoms with van der Waals surface area (Å²) in [4.78, 5) is 19.5. The highest BCUT2D eigenvalue weighted by molar-refractivity contribution is 5.82. The van der Waals surface area contributed by atoms with E-state index in [1.165, 1.54) is 0 Å². The van der Waals surface area contributed by atoms with Crippen molar-refractivity contribution in [3.8, 4) is 0 Å². The molecule has 0 aliphatic carbocycles. The summed E-state index contributed by atoms with van der Waals surface area (Å²) in [5, 5.41) is 5.25. The molecule has 3 rings (SSSR count). The molecule has 2 aromatic rings. The molecule has 2 unspecified atom stereocenters. The van der Waals surface area contributed by atoms with Crippen LogP contribution >= 0.6 is 0 Å². The summed E-state index contributed by atoms with van der Waals surface area (Å²) in [6.07, 6.45) is -0.467. The zero-order chi connectivity index (χ0) is 15.0. The fourth-order valence-electron chi connectivity index (χ4n) is 2.46. The van der Waals surface area contributed by atoms with Gasteiger partial charge in [0.2, 0.25) is 5.91 Å². The van der Waals surface area contributed by atoms with Crippen LogP contribution in [-0.4, -0.2) is 34.4 Å². The van der Waals surface area contributed by atoms with Gasteiger partial charge in [-0.1, -0.05) is 12.1 Å². The number of aromatic amines is 1. The van der Waals surface area contributed by atoms with Crippen molar-refractivity contribution in [2.75, 3.05) is 6.54 Å². The molecule has 1 saturated heterocycles. The zero-order valence-electron chi connectivity index (χ0n) is 11.5. The van der Waals surface area contributed by atoms with Crippen LogP contribution in [0, 0.1) is 0 Å². The van der Waals surface area contributed by atoms with Crippen LogP contribution in [0.25, 0.3) is 11.0 Å². The lowest BCUT2D eigenvalue weighted by molar-refractivity contribution is -0.124. The molecule has 1 aromatic carbocycles.